The Labute approximate surface area is 241 Å². The van der Waals surface area contributed by atoms with Crippen LogP contribution >= 0.6 is 0 Å². The fourth-order valence-electron chi connectivity index (χ4n) is 5.10. The maximum Gasteiger partial charge on any atom is 0.417 e. The highest BCUT2D eigenvalue weighted by molar-refractivity contribution is 5.93. The van der Waals surface area contributed by atoms with Crippen LogP contribution in [0, 0.1) is 13.8 Å². The van der Waals surface area contributed by atoms with Crippen LogP contribution < -0.4 is 10.1 Å². The maximum absolute atomic E-state index is 13.4. The highest BCUT2D eigenvalue weighted by atomic mass is 19.4. The molecule has 1 amide bonds. The molecular formula is C31H33F3N4O4. The van der Waals surface area contributed by atoms with Gasteiger partial charge in [-0.1, -0.05) is 30.3 Å². The molecule has 0 saturated carbocycles. The summed E-state index contributed by atoms with van der Waals surface area (Å²) in [4.78, 5) is 21.1. The number of halogens is 3. The average molecular weight is 583 g/mol. The first-order chi connectivity index (χ1) is 20.1. The number of para-hydroxylation sites is 1. The third kappa shape index (κ3) is 7.10. The number of aliphatic hydroxyl groups excluding tert-OH is 1. The topological polar surface area (TPSA) is 91.1 Å². The first-order valence-corrected chi connectivity index (χ1v) is 13.8. The number of nitrogens with zero attached hydrogens (tertiary/aromatic N) is 3. The lowest BCUT2D eigenvalue weighted by molar-refractivity contribution is -0.137. The first kappa shape index (κ1) is 29.6. The van der Waals surface area contributed by atoms with E-state index < -0.39 is 17.8 Å². The molecule has 0 unspecified atom stereocenters. The van der Waals surface area contributed by atoms with Crippen LogP contribution in [-0.2, 0) is 11.0 Å². The number of carbonyl (C=O) groups is 1. The van der Waals surface area contributed by atoms with Crippen molar-refractivity contribution in [1.82, 2.24) is 14.8 Å². The Kier molecular flexibility index (Phi) is 8.81. The van der Waals surface area contributed by atoms with Gasteiger partial charge in [0.2, 0.25) is 11.8 Å². The van der Waals surface area contributed by atoms with E-state index in [1.165, 1.54) is 18.2 Å². The minimum absolute atomic E-state index is 0.0333. The molecule has 1 aliphatic heterocycles. The van der Waals surface area contributed by atoms with Gasteiger partial charge in [-0.2, -0.15) is 13.2 Å². The van der Waals surface area contributed by atoms with Crippen LogP contribution in [0.4, 0.5) is 18.9 Å². The summed E-state index contributed by atoms with van der Waals surface area (Å²) in [5.74, 6) is 0.248. The summed E-state index contributed by atoms with van der Waals surface area (Å²) >= 11 is 0. The SMILES string of the molecule is Cc1cccc(C)c1NC(=O)CN1CCN(C[C@H](O)COc2ccc3oc(-c4ccccc4C(F)(F)F)nc3c2)CC1. The number of alkyl halides is 3. The van der Waals surface area contributed by atoms with Crippen LogP contribution in [-0.4, -0.2) is 77.8 Å². The number of piperazine rings is 1. The third-order valence-electron chi connectivity index (χ3n) is 7.31. The number of fused-ring (bicyclic) bond motifs is 1. The minimum Gasteiger partial charge on any atom is -0.491 e. The van der Waals surface area contributed by atoms with Crippen molar-refractivity contribution in [3.63, 3.8) is 0 Å². The van der Waals surface area contributed by atoms with Crippen molar-refractivity contribution in [3.05, 3.63) is 77.4 Å². The quantitative estimate of drug-likeness (QED) is 0.283. The van der Waals surface area contributed by atoms with Crippen LogP contribution in [0.25, 0.3) is 22.6 Å². The second-order valence-corrected chi connectivity index (χ2v) is 10.5. The number of ether oxygens (including phenoxy) is 1. The summed E-state index contributed by atoms with van der Waals surface area (Å²) in [7, 11) is 0. The van der Waals surface area contributed by atoms with Gasteiger partial charge in [-0.3, -0.25) is 14.6 Å². The molecule has 0 radical (unpaired) electrons. The molecule has 3 aromatic carbocycles. The summed E-state index contributed by atoms with van der Waals surface area (Å²) in [5, 5.41) is 13.6. The van der Waals surface area contributed by atoms with Crippen molar-refractivity contribution < 1.29 is 32.2 Å². The predicted octanol–water partition coefficient (Wildman–Crippen LogP) is 5.13. The Balaban J connectivity index is 1.09. The van der Waals surface area contributed by atoms with E-state index in [1.807, 2.05) is 32.0 Å². The standard InChI is InChI=1S/C31H33F3N4O4/c1-20-6-5-7-21(2)29(20)36-28(40)18-38-14-12-37(13-15-38)17-22(39)19-41-23-10-11-27-26(16-23)35-30(42-27)24-8-3-4-9-25(24)31(32,33)34/h3-11,16,22,39H,12-15,17-19H2,1-2H3,(H,36,40)/t22-/m0/s1. The van der Waals surface area contributed by atoms with Crippen LogP contribution in [0.5, 0.6) is 5.75 Å². The zero-order chi connectivity index (χ0) is 29.9. The van der Waals surface area contributed by atoms with Crippen LogP contribution in [0.3, 0.4) is 0 Å². The maximum atomic E-state index is 13.4. The number of carbonyl (C=O) groups excluding carboxylic acids is 1. The molecule has 0 spiro atoms. The second kappa shape index (κ2) is 12.5. The Morgan fingerprint density at radius 2 is 1.71 bits per heavy atom. The van der Waals surface area contributed by atoms with Gasteiger partial charge in [0.15, 0.2) is 5.58 Å². The number of rotatable bonds is 9. The summed E-state index contributed by atoms with van der Waals surface area (Å²) in [6.45, 7) is 7.52. The molecule has 8 nitrogen and oxygen atoms in total. The average Bonchev–Trinajstić information content (AvgIpc) is 3.38. The largest absolute Gasteiger partial charge is 0.491 e. The molecule has 1 aliphatic rings. The molecule has 222 valence electrons. The Morgan fingerprint density at radius 1 is 1.02 bits per heavy atom. The number of aryl methyl sites for hydroxylation is 2. The van der Waals surface area contributed by atoms with Crippen molar-refractivity contribution >= 4 is 22.7 Å². The summed E-state index contributed by atoms with van der Waals surface area (Å²) in [6, 6.07) is 15.8. The number of aliphatic hydroxyl groups is 1. The molecule has 0 aliphatic carbocycles. The lowest BCUT2D eigenvalue weighted by Crippen LogP contribution is -2.50. The molecule has 4 aromatic rings. The fraction of sp³-hybridized carbons (Fsp3) is 0.355. The molecular weight excluding hydrogens is 549 g/mol. The Hall–Kier alpha value is -3.93. The van der Waals surface area contributed by atoms with Gasteiger partial charge in [0.05, 0.1) is 12.1 Å². The van der Waals surface area contributed by atoms with Gasteiger partial charge in [0, 0.05) is 50.0 Å². The summed E-state index contributed by atoms with van der Waals surface area (Å²) in [5.41, 5.74) is 2.64. The molecule has 11 heteroatoms. The molecule has 1 fully saturated rings. The number of oxazole rings is 1. The Bertz CT molecular complexity index is 1530. The Morgan fingerprint density at radius 3 is 2.43 bits per heavy atom. The van der Waals surface area contributed by atoms with Crippen molar-refractivity contribution in [3.8, 4) is 17.2 Å². The normalized spacial score (nSPS) is 15.6. The van der Waals surface area contributed by atoms with E-state index in [9.17, 15) is 23.1 Å². The number of hydrogen-bond acceptors (Lipinski definition) is 7. The van der Waals surface area contributed by atoms with Crippen molar-refractivity contribution in [2.24, 2.45) is 0 Å². The highest BCUT2D eigenvalue weighted by Gasteiger charge is 2.34. The summed E-state index contributed by atoms with van der Waals surface area (Å²) in [6.07, 6.45) is -5.30. The molecule has 0 bridgehead atoms. The first-order valence-electron chi connectivity index (χ1n) is 13.8. The summed E-state index contributed by atoms with van der Waals surface area (Å²) < 4.78 is 51.6. The molecule has 2 N–H and O–H groups in total. The highest BCUT2D eigenvalue weighted by Crippen LogP contribution is 2.37. The molecule has 5 rings (SSSR count). The van der Waals surface area contributed by atoms with Gasteiger partial charge in [0.1, 0.15) is 24.0 Å². The minimum atomic E-state index is -4.54. The lowest BCUT2D eigenvalue weighted by Gasteiger charge is -2.35. The number of amides is 1. The number of anilines is 1. The van der Waals surface area contributed by atoms with Crippen LogP contribution in [0.1, 0.15) is 16.7 Å². The zero-order valence-corrected chi connectivity index (χ0v) is 23.4. The zero-order valence-electron chi connectivity index (χ0n) is 23.4. The van der Waals surface area contributed by atoms with Crippen LogP contribution in [0.15, 0.2) is 65.1 Å². The lowest BCUT2D eigenvalue weighted by atomic mass is 10.1. The van der Waals surface area contributed by atoms with E-state index in [2.05, 4.69) is 20.1 Å². The van der Waals surface area contributed by atoms with Crippen LogP contribution in [0.2, 0.25) is 0 Å². The van der Waals surface area contributed by atoms with Gasteiger partial charge < -0.3 is 19.6 Å². The monoisotopic (exact) mass is 582 g/mol. The van der Waals surface area contributed by atoms with E-state index in [-0.39, 0.29) is 24.0 Å². The van der Waals surface area contributed by atoms with Gasteiger partial charge >= 0.3 is 6.18 Å². The van der Waals surface area contributed by atoms with Crippen molar-refractivity contribution in [2.45, 2.75) is 26.1 Å². The molecule has 2 heterocycles. The van der Waals surface area contributed by atoms with Gasteiger partial charge in [-0.25, -0.2) is 4.98 Å². The van der Waals surface area contributed by atoms with E-state index in [1.54, 1.807) is 18.2 Å². The molecule has 1 atom stereocenters. The van der Waals surface area contributed by atoms with Crippen molar-refractivity contribution in [1.29, 1.82) is 0 Å². The van der Waals surface area contributed by atoms with E-state index >= 15 is 0 Å². The number of aromatic nitrogens is 1. The van der Waals surface area contributed by atoms with Gasteiger partial charge in [-0.05, 0) is 49.2 Å². The molecule has 1 saturated heterocycles. The number of nitrogens with one attached hydrogen (secondary N) is 1. The number of hydrogen-bond donors (Lipinski definition) is 2. The van der Waals surface area contributed by atoms with Gasteiger partial charge in [0.25, 0.3) is 0 Å². The fourth-order valence-corrected chi connectivity index (χ4v) is 5.10. The van der Waals surface area contributed by atoms with Crippen molar-refractivity contribution in [2.75, 3.05) is 51.2 Å². The van der Waals surface area contributed by atoms with E-state index in [0.29, 0.717) is 56.1 Å². The van der Waals surface area contributed by atoms with Gasteiger partial charge in [-0.15, -0.1) is 0 Å². The predicted molar refractivity (Wildman–Crippen MR) is 153 cm³/mol. The molecule has 1 aromatic heterocycles. The number of benzene rings is 3. The third-order valence-corrected chi connectivity index (χ3v) is 7.31. The number of β-amino-alcohol motifs (C(OH)–C–C–N with tert-alkyl or cyclic N) is 1. The molecule has 42 heavy (non-hydrogen) atoms. The van der Waals surface area contributed by atoms with E-state index in [4.69, 9.17) is 9.15 Å². The van der Waals surface area contributed by atoms with E-state index in [0.717, 1.165) is 22.9 Å². The smallest absolute Gasteiger partial charge is 0.417 e. The second-order valence-electron chi connectivity index (χ2n) is 10.5.